The first-order valence-electron chi connectivity index (χ1n) is 2.65. The van der Waals surface area contributed by atoms with Crippen molar-refractivity contribution >= 4 is 5.97 Å². The molecule has 1 rings (SSSR count). The van der Waals surface area contributed by atoms with Gasteiger partial charge in [0, 0.05) is 12.4 Å². The van der Waals surface area contributed by atoms with Crippen molar-refractivity contribution in [1.82, 2.24) is 4.98 Å². The Bertz CT molecular complexity index is 222. The molecule has 0 amide bonds. The van der Waals surface area contributed by atoms with E-state index in [-0.39, 0.29) is 0 Å². The van der Waals surface area contributed by atoms with Crippen LogP contribution in [0.4, 0.5) is 0 Å². The van der Waals surface area contributed by atoms with E-state index in [2.05, 4.69) is 15.7 Å². The molecule has 0 fully saturated rings. The minimum Gasteiger partial charge on any atom is -0.370 e. The maximum atomic E-state index is 10.6. The van der Waals surface area contributed by atoms with Gasteiger partial charge in [-0.25, -0.2) is 4.79 Å². The fourth-order valence-electron chi connectivity index (χ4n) is 0.552. The molecule has 52 valence electrons. The lowest BCUT2D eigenvalue weighted by molar-refractivity contribution is 0.0503. The molecule has 4 nitrogen and oxygen atoms in total. The zero-order valence-corrected chi connectivity index (χ0v) is 5.15. The van der Waals surface area contributed by atoms with Gasteiger partial charge in [-0.1, -0.05) is 0 Å². The number of carbonyl (C=O) groups is 1. The van der Waals surface area contributed by atoms with Crippen LogP contribution in [0.1, 0.15) is 10.4 Å². The van der Waals surface area contributed by atoms with Crippen molar-refractivity contribution in [2.24, 2.45) is 5.90 Å². The van der Waals surface area contributed by atoms with Crippen molar-refractivity contribution in [3.63, 3.8) is 0 Å². The number of hydrogen-bond acceptors (Lipinski definition) is 4. The van der Waals surface area contributed by atoms with Gasteiger partial charge in [-0.2, -0.15) is 5.90 Å². The van der Waals surface area contributed by atoms with E-state index in [1.807, 2.05) is 0 Å². The monoisotopic (exact) mass is 138 g/mol. The zero-order chi connectivity index (χ0) is 7.40. The fraction of sp³-hybridized carbons (Fsp3) is 0. The third-order valence-electron chi connectivity index (χ3n) is 1.00. The van der Waals surface area contributed by atoms with Crippen molar-refractivity contribution in [2.45, 2.75) is 0 Å². The largest absolute Gasteiger partial charge is 0.370 e. The molecule has 0 aliphatic carbocycles. The molecule has 0 aliphatic heterocycles. The van der Waals surface area contributed by atoms with Gasteiger partial charge in [0.1, 0.15) is 0 Å². The highest BCUT2D eigenvalue weighted by Gasteiger charge is 2.02. The lowest BCUT2D eigenvalue weighted by Gasteiger charge is -1.93. The van der Waals surface area contributed by atoms with Crippen LogP contribution in [0, 0.1) is 0 Å². The summed E-state index contributed by atoms with van der Waals surface area (Å²) in [6, 6.07) is 3.20. The molecule has 0 aliphatic rings. The lowest BCUT2D eigenvalue weighted by Crippen LogP contribution is -2.09. The number of nitrogens with two attached hydrogens (primary N) is 1. The van der Waals surface area contributed by atoms with E-state index in [1.54, 1.807) is 18.3 Å². The molecule has 0 saturated carbocycles. The predicted octanol–water partition coefficient (Wildman–Crippen LogP) is 0.112. The van der Waals surface area contributed by atoms with E-state index >= 15 is 0 Å². The molecule has 0 saturated heterocycles. The standard InChI is InChI=1S/C6H6N2O2/c7-10-6(9)5-2-1-3-8-4-5/h1-4H,7H2. The van der Waals surface area contributed by atoms with Crippen LogP contribution in [-0.2, 0) is 4.84 Å². The molecule has 1 aromatic heterocycles. The van der Waals surface area contributed by atoms with Gasteiger partial charge in [0.15, 0.2) is 0 Å². The molecule has 1 aromatic rings. The van der Waals surface area contributed by atoms with Gasteiger partial charge in [-0.05, 0) is 12.1 Å². The number of nitrogens with zero attached hydrogens (tertiary/aromatic N) is 1. The van der Waals surface area contributed by atoms with Crippen molar-refractivity contribution in [3.8, 4) is 0 Å². The first kappa shape index (κ1) is 6.70. The molecule has 0 aromatic carbocycles. The van der Waals surface area contributed by atoms with E-state index in [0.29, 0.717) is 5.56 Å². The van der Waals surface area contributed by atoms with Gasteiger partial charge in [0.05, 0.1) is 5.56 Å². The highest BCUT2D eigenvalue weighted by molar-refractivity contribution is 5.88. The molecule has 0 radical (unpaired) electrons. The van der Waals surface area contributed by atoms with Crippen LogP contribution in [0.5, 0.6) is 0 Å². The number of rotatable bonds is 1. The summed E-state index contributed by atoms with van der Waals surface area (Å²) in [7, 11) is 0. The first-order chi connectivity index (χ1) is 4.84. The van der Waals surface area contributed by atoms with Gasteiger partial charge >= 0.3 is 5.97 Å². The normalized spacial score (nSPS) is 8.90. The number of carbonyl (C=O) groups excluding carboxylic acids is 1. The van der Waals surface area contributed by atoms with Crippen molar-refractivity contribution < 1.29 is 9.63 Å². The molecule has 1 heterocycles. The quantitative estimate of drug-likeness (QED) is 0.559. The predicted molar refractivity (Wildman–Crippen MR) is 33.8 cm³/mol. The molecule has 0 unspecified atom stereocenters. The molecule has 0 bridgehead atoms. The third kappa shape index (κ3) is 1.29. The van der Waals surface area contributed by atoms with E-state index in [1.165, 1.54) is 6.20 Å². The Labute approximate surface area is 57.6 Å². The van der Waals surface area contributed by atoms with Crippen LogP contribution in [0.3, 0.4) is 0 Å². The highest BCUT2D eigenvalue weighted by atomic mass is 16.7. The average molecular weight is 138 g/mol. The van der Waals surface area contributed by atoms with Crippen molar-refractivity contribution in [3.05, 3.63) is 30.1 Å². The fourth-order valence-corrected chi connectivity index (χ4v) is 0.552. The van der Waals surface area contributed by atoms with E-state index in [0.717, 1.165) is 0 Å². The zero-order valence-electron chi connectivity index (χ0n) is 5.15. The summed E-state index contributed by atoms with van der Waals surface area (Å²) in [4.78, 5) is 18.3. The minimum atomic E-state index is -0.576. The highest BCUT2D eigenvalue weighted by Crippen LogP contribution is 1.95. The van der Waals surface area contributed by atoms with Gasteiger partial charge < -0.3 is 4.84 Å². The summed E-state index contributed by atoms with van der Waals surface area (Å²) < 4.78 is 0. The average Bonchev–Trinajstić information content (AvgIpc) is 2.05. The topological polar surface area (TPSA) is 65.2 Å². The second kappa shape index (κ2) is 2.93. The molecule has 4 heteroatoms. The van der Waals surface area contributed by atoms with Crippen LogP contribution in [-0.4, -0.2) is 11.0 Å². The van der Waals surface area contributed by atoms with Gasteiger partial charge in [-0.15, -0.1) is 0 Å². The third-order valence-corrected chi connectivity index (χ3v) is 1.00. The lowest BCUT2D eigenvalue weighted by atomic mass is 10.3. The Balaban J connectivity index is 2.85. The number of aromatic nitrogens is 1. The summed E-state index contributed by atoms with van der Waals surface area (Å²) >= 11 is 0. The molecule has 2 N–H and O–H groups in total. The summed E-state index contributed by atoms with van der Waals surface area (Å²) in [6.07, 6.45) is 2.95. The van der Waals surface area contributed by atoms with Gasteiger partial charge in [-0.3, -0.25) is 4.98 Å². The maximum Gasteiger partial charge on any atom is 0.358 e. The van der Waals surface area contributed by atoms with Crippen LogP contribution in [0.25, 0.3) is 0 Å². The SMILES string of the molecule is NOC(=O)c1cccnc1. The number of hydrogen-bond donors (Lipinski definition) is 1. The van der Waals surface area contributed by atoms with Crippen molar-refractivity contribution in [2.75, 3.05) is 0 Å². The summed E-state index contributed by atoms with van der Waals surface area (Å²) in [5.41, 5.74) is 0.352. The van der Waals surface area contributed by atoms with Crippen LogP contribution in [0.2, 0.25) is 0 Å². The second-order valence-electron chi connectivity index (χ2n) is 1.65. The first-order valence-corrected chi connectivity index (χ1v) is 2.65. The van der Waals surface area contributed by atoms with E-state index in [4.69, 9.17) is 0 Å². The van der Waals surface area contributed by atoms with Crippen LogP contribution >= 0.6 is 0 Å². The van der Waals surface area contributed by atoms with Crippen LogP contribution in [0.15, 0.2) is 24.5 Å². The Morgan fingerprint density at radius 2 is 2.50 bits per heavy atom. The summed E-state index contributed by atoms with van der Waals surface area (Å²) in [6.45, 7) is 0. The molecular formula is C6H6N2O2. The Morgan fingerprint density at radius 1 is 1.70 bits per heavy atom. The number of pyridine rings is 1. The van der Waals surface area contributed by atoms with E-state index in [9.17, 15) is 4.79 Å². The Morgan fingerprint density at radius 3 is 3.00 bits per heavy atom. The van der Waals surface area contributed by atoms with Gasteiger partial charge in [0.25, 0.3) is 0 Å². The molecule has 0 atom stereocenters. The Kier molecular flexibility index (Phi) is 1.96. The smallest absolute Gasteiger partial charge is 0.358 e. The second-order valence-corrected chi connectivity index (χ2v) is 1.65. The van der Waals surface area contributed by atoms with E-state index < -0.39 is 5.97 Å². The molecular weight excluding hydrogens is 132 g/mol. The summed E-state index contributed by atoms with van der Waals surface area (Å²) in [5, 5.41) is 0. The maximum absolute atomic E-state index is 10.6. The van der Waals surface area contributed by atoms with Crippen molar-refractivity contribution in [1.29, 1.82) is 0 Å². The molecule has 10 heavy (non-hydrogen) atoms. The van der Waals surface area contributed by atoms with Gasteiger partial charge in [0.2, 0.25) is 0 Å². The van der Waals surface area contributed by atoms with Crippen LogP contribution < -0.4 is 5.90 Å². The molecule has 0 spiro atoms. The minimum absolute atomic E-state index is 0.352. The summed E-state index contributed by atoms with van der Waals surface area (Å²) in [5.74, 6) is 4.05. The Hall–Kier alpha value is -1.42.